The SMILES string of the molecule is CCNC(=O)CN1CCN(C(=O)c2scc3c2CCCC3)CC1. The zero-order valence-corrected chi connectivity index (χ0v) is 14.6. The summed E-state index contributed by atoms with van der Waals surface area (Å²) in [5, 5.41) is 5.00. The molecule has 6 heteroatoms. The Morgan fingerprint density at radius 3 is 2.65 bits per heavy atom. The van der Waals surface area contributed by atoms with E-state index >= 15 is 0 Å². The zero-order chi connectivity index (χ0) is 16.2. The molecular formula is C17H25N3O2S. The van der Waals surface area contributed by atoms with Crippen molar-refractivity contribution in [2.45, 2.75) is 32.6 Å². The van der Waals surface area contributed by atoms with Gasteiger partial charge in [0.15, 0.2) is 0 Å². The van der Waals surface area contributed by atoms with Crippen LogP contribution in [0.1, 0.15) is 40.6 Å². The van der Waals surface area contributed by atoms with Crippen LogP contribution >= 0.6 is 11.3 Å². The summed E-state index contributed by atoms with van der Waals surface area (Å²) in [6.45, 7) is 6.00. The van der Waals surface area contributed by atoms with Crippen LogP contribution in [-0.2, 0) is 17.6 Å². The van der Waals surface area contributed by atoms with Gasteiger partial charge < -0.3 is 10.2 Å². The van der Waals surface area contributed by atoms with E-state index in [0.717, 1.165) is 30.8 Å². The molecule has 23 heavy (non-hydrogen) atoms. The van der Waals surface area contributed by atoms with Crippen LogP contribution < -0.4 is 5.32 Å². The highest BCUT2D eigenvalue weighted by Crippen LogP contribution is 2.30. The maximum absolute atomic E-state index is 12.8. The highest BCUT2D eigenvalue weighted by Gasteiger charge is 2.27. The third-order valence-electron chi connectivity index (χ3n) is 4.70. The first kappa shape index (κ1) is 16.5. The molecule has 0 radical (unpaired) electrons. The molecule has 0 atom stereocenters. The molecule has 5 nitrogen and oxygen atoms in total. The smallest absolute Gasteiger partial charge is 0.264 e. The van der Waals surface area contributed by atoms with Gasteiger partial charge in [-0.1, -0.05) is 0 Å². The topological polar surface area (TPSA) is 52.7 Å². The van der Waals surface area contributed by atoms with Crippen LogP contribution in [0.3, 0.4) is 0 Å². The largest absolute Gasteiger partial charge is 0.355 e. The number of carbonyl (C=O) groups is 2. The van der Waals surface area contributed by atoms with Gasteiger partial charge in [0, 0.05) is 32.7 Å². The number of amides is 2. The maximum Gasteiger partial charge on any atom is 0.264 e. The molecule has 1 aromatic rings. The quantitative estimate of drug-likeness (QED) is 0.908. The van der Waals surface area contributed by atoms with Crippen LogP contribution in [0.5, 0.6) is 0 Å². The van der Waals surface area contributed by atoms with Crippen LogP contribution in [0, 0.1) is 0 Å². The predicted molar refractivity (Wildman–Crippen MR) is 92.0 cm³/mol. The Balaban J connectivity index is 1.56. The molecule has 1 aliphatic carbocycles. The lowest BCUT2D eigenvalue weighted by Crippen LogP contribution is -2.51. The van der Waals surface area contributed by atoms with Crippen LogP contribution in [-0.4, -0.2) is 60.9 Å². The molecule has 0 bridgehead atoms. The van der Waals surface area contributed by atoms with Gasteiger partial charge in [-0.2, -0.15) is 0 Å². The summed E-state index contributed by atoms with van der Waals surface area (Å²) in [5.74, 6) is 0.260. The fourth-order valence-electron chi connectivity index (χ4n) is 3.41. The predicted octanol–water partition coefficient (Wildman–Crippen LogP) is 1.52. The summed E-state index contributed by atoms with van der Waals surface area (Å²) in [4.78, 5) is 29.5. The summed E-state index contributed by atoms with van der Waals surface area (Å²) in [6, 6.07) is 0. The Morgan fingerprint density at radius 1 is 1.17 bits per heavy atom. The molecular weight excluding hydrogens is 310 g/mol. The van der Waals surface area contributed by atoms with Gasteiger partial charge in [0.05, 0.1) is 11.4 Å². The van der Waals surface area contributed by atoms with E-state index in [9.17, 15) is 9.59 Å². The fourth-order valence-corrected chi connectivity index (χ4v) is 4.53. The molecule has 0 aromatic carbocycles. The Labute approximate surface area is 141 Å². The lowest BCUT2D eigenvalue weighted by atomic mass is 9.93. The Hall–Kier alpha value is -1.40. The molecule has 2 heterocycles. The first-order chi connectivity index (χ1) is 11.2. The lowest BCUT2D eigenvalue weighted by molar-refractivity contribution is -0.122. The normalized spacial score (nSPS) is 18.6. The van der Waals surface area contributed by atoms with Gasteiger partial charge in [-0.05, 0) is 49.1 Å². The maximum atomic E-state index is 12.8. The molecule has 0 spiro atoms. The number of nitrogens with one attached hydrogen (secondary N) is 1. The molecule has 126 valence electrons. The number of hydrogen-bond acceptors (Lipinski definition) is 4. The zero-order valence-electron chi connectivity index (χ0n) is 13.8. The van der Waals surface area contributed by atoms with Crippen molar-refractivity contribution in [1.29, 1.82) is 0 Å². The van der Waals surface area contributed by atoms with Crippen molar-refractivity contribution >= 4 is 23.2 Å². The monoisotopic (exact) mass is 335 g/mol. The van der Waals surface area contributed by atoms with Gasteiger partial charge in [-0.25, -0.2) is 0 Å². The van der Waals surface area contributed by atoms with Gasteiger partial charge >= 0.3 is 0 Å². The van der Waals surface area contributed by atoms with Crippen molar-refractivity contribution in [1.82, 2.24) is 15.1 Å². The number of nitrogens with zero attached hydrogens (tertiary/aromatic N) is 2. The molecule has 1 aliphatic heterocycles. The molecule has 1 saturated heterocycles. The van der Waals surface area contributed by atoms with Crippen LogP contribution in [0.25, 0.3) is 0 Å². The van der Waals surface area contributed by atoms with Crippen molar-refractivity contribution in [2.24, 2.45) is 0 Å². The van der Waals surface area contributed by atoms with Gasteiger partial charge in [0.25, 0.3) is 5.91 Å². The minimum atomic E-state index is 0.0691. The minimum absolute atomic E-state index is 0.0691. The number of piperazine rings is 1. The van der Waals surface area contributed by atoms with Gasteiger partial charge in [0.1, 0.15) is 0 Å². The van der Waals surface area contributed by atoms with E-state index in [2.05, 4.69) is 15.6 Å². The molecule has 0 saturated carbocycles. The average molecular weight is 335 g/mol. The molecule has 1 aromatic heterocycles. The summed E-state index contributed by atoms with van der Waals surface area (Å²) >= 11 is 1.62. The number of rotatable bonds is 4. The summed E-state index contributed by atoms with van der Waals surface area (Å²) in [5.41, 5.74) is 2.69. The molecule has 1 fully saturated rings. The summed E-state index contributed by atoms with van der Waals surface area (Å²) < 4.78 is 0. The first-order valence-electron chi connectivity index (χ1n) is 8.56. The van der Waals surface area contributed by atoms with Gasteiger partial charge in [0.2, 0.25) is 5.91 Å². The number of hydrogen-bond donors (Lipinski definition) is 1. The second kappa shape index (κ2) is 7.45. The average Bonchev–Trinajstić information content (AvgIpc) is 2.99. The van der Waals surface area contributed by atoms with Crippen LogP contribution in [0.4, 0.5) is 0 Å². The molecule has 2 aliphatic rings. The van der Waals surface area contributed by atoms with E-state index in [1.165, 1.54) is 24.0 Å². The molecule has 0 unspecified atom stereocenters. The second-order valence-corrected chi connectivity index (χ2v) is 7.18. The van der Waals surface area contributed by atoms with Crippen molar-refractivity contribution < 1.29 is 9.59 Å². The summed E-state index contributed by atoms with van der Waals surface area (Å²) in [7, 11) is 0. The van der Waals surface area contributed by atoms with E-state index in [-0.39, 0.29) is 11.8 Å². The molecule has 1 N–H and O–H groups in total. The lowest BCUT2D eigenvalue weighted by Gasteiger charge is -2.34. The Kier molecular flexibility index (Phi) is 5.33. The standard InChI is InChI=1S/C17H25N3O2S/c1-2-18-15(21)11-19-7-9-20(10-8-19)17(22)16-14-6-4-3-5-13(14)12-23-16/h12H,2-11H2,1H3,(H,18,21). The van der Waals surface area contributed by atoms with Crippen LogP contribution in [0.15, 0.2) is 5.38 Å². The van der Waals surface area contributed by atoms with Crippen molar-refractivity contribution in [2.75, 3.05) is 39.3 Å². The fraction of sp³-hybridized carbons (Fsp3) is 0.647. The number of fused-ring (bicyclic) bond motifs is 1. The van der Waals surface area contributed by atoms with E-state index in [4.69, 9.17) is 0 Å². The Morgan fingerprint density at radius 2 is 1.91 bits per heavy atom. The van der Waals surface area contributed by atoms with E-state index in [0.29, 0.717) is 26.2 Å². The minimum Gasteiger partial charge on any atom is -0.355 e. The van der Waals surface area contributed by atoms with Gasteiger partial charge in [-0.15, -0.1) is 11.3 Å². The highest BCUT2D eigenvalue weighted by molar-refractivity contribution is 7.12. The van der Waals surface area contributed by atoms with E-state index < -0.39 is 0 Å². The summed E-state index contributed by atoms with van der Waals surface area (Å²) in [6.07, 6.45) is 4.62. The van der Waals surface area contributed by atoms with Crippen molar-refractivity contribution in [3.8, 4) is 0 Å². The molecule has 2 amide bonds. The highest BCUT2D eigenvalue weighted by atomic mass is 32.1. The van der Waals surface area contributed by atoms with Crippen molar-refractivity contribution in [3.63, 3.8) is 0 Å². The van der Waals surface area contributed by atoms with Gasteiger partial charge in [-0.3, -0.25) is 14.5 Å². The van der Waals surface area contributed by atoms with Crippen molar-refractivity contribution in [3.05, 3.63) is 21.4 Å². The van der Waals surface area contributed by atoms with E-state index in [1.807, 2.05) is 11.8 Å². The first-order valence-corrected chi connectivity index (χ1v) is 9.44. The number of likely N-dealkylation sites (N-methyl/N-ethyl adjacent to an activating group) is 1. The number of aryl methyl sites for hydroxylation is 1. The number of carbonyl (C=O) groups excluding carboxylic acids is 2. The van der Waals surface area contributed by atoms with E-state index in [1.54, 1.807) is 11.3 Å². The Bertz CT molecular complexity index is 576. The third-order valence-corrected chi connectivity index (χ3v) is 5.76. The number of thiophene rings is 1. The second-order valence-electron chi connectivity index (χ2n) is 6.30. The van der Waals surface area contributed by atoms with Crippen LogP contribution in [0.2, 0.25) is 0 Å². The third kappa shape index (κ3) is 3.75. The molecule has 3 rings (SSSR count).